The van der Waals surface area contributed by atoms with E-state index in [1.807, 2.05) is 19.1 Å². The maximum atomic E-state index is 12.6. The van der Waals surface area contributed by atoms with E-state index < -0.39 is 0 Å². The molecule has 0 radical (unpaired) electrons. The molecule has 2 heterocycles. The summed E-state index contributed by atoms with van der Waals surface area (Å²) in [6, 6.07) is 6.42. The Morgan fingerprint density at radius 3 is 2.78 bits per heavy atom. The number of hydrogen-bond acceptors (Lipinski definition) is 4. The minimum Gasteiger partial charge on any atom is -0.394 e. The molecule has 2 rings (SSSR count). The first kappa shape index (κ1) is 17.2. The molecule has 1 atom stereocenters. The smallest absolute Gasteiger partial charge is 0.322 e. The van der Waals surface area contributed by atoms with Crippen LogP contribution in [0.15, 0.2) is 42.9 Å². The third kappa shape index (κ3) is 4.64. The Kier molecular flexibility index (Phi) is 6.31. The SMILES string of the molecule is CC[C@@H](CO)N(Cc1cccnc1)C(=O)Nc1cccnc1Cl. The summed E-state index contributed by atoms with van der Waals surface area (Å²) in [5.74, 6) is 0. The summed E-state index contributed by atoms with van der Waals surface area (Å²) in [6.45, 7) is 2.14. The van der Waals surface area contributed by atoms with Crippen molar-refractivity contribution in [3.05, 3.63) is 53.6 Å². The molecule has 2 aromatic rings. The Morgan fingerprint density at radius 2 is 2.17 bits per heavy atom. The molecule has 23 heavy (non-hydrogen) atoms. The number of carbonyl (C=O) groups is 1. The van der Waals surface area contributed by atoms with Gasteiger partial charge in [0.25, 0.3) is 0 Å². The molecular formula is C16H19ClN4O2. The summed E-state index contributed by atoms with van der Waals surface area (Å²) < 4.78 is 0. The molecule has 0 aliphatic rings. The fraction of sp³-hybridized carbons (Fsp3) is 0.312. The summed E-state index contributed by atoms with van der Waals surface area (Å²) in [5.41, 5.74) is 1.31. The van der Waals surface area contributed by atoms with E-state index in [9.17, 15) is 9.90 Å². The molecule has 0 unspecified atom stereocenters. The summed E-state index contributed by atoms with van der Waals surface area (Å²) in [6.07, 6.45) is 5.55. The minimum atomic E-state index is -0.343. The van der Waals surface area contributed by atoms with E-state index in [0.29, 0.717) is 18.7 Å². The predicted molar refractivity (Wildman–Crippen MR) is 89.2 cm³/mol. The fourth-order valence-electron chi connectivity index (χ4n) is 2.17. The molecule has 6 nitrogen and oxygen atoms in total. The van der Waals surface area contributed by atoms with Crippen LogP contribution < -0.4 is 5.32 Å². The number of aromatic nitrogens is 2. The first-order valence-electron chi connectivity index (χ1n) is 7.33. The van der Waals surface area contributed by atoms with Gasteiger partial charge >= 0.3 is 6.03 Å². The van der Waals surface area contributed by atoms with Crippen molar-refractivity contribution in [1.29, 1.82) is 0 Å². The van der Waals surface area contributed by atoms with E-state index in [1.165, 1.54) is 0 Å². The van der Waals surface area contributed by atoms with Crippen molar-refractivity contribution in [2.75, 3.05) is 11.9 Å². The first-order chi connectivity index (χ1) is 11.2. The van der Waals surface area contributed by atoms with Crippen molar-refractivity contribution in [1.82, 2.24) is 14.9 Å². The van der Waals surface area contributed by atoms with Crippen molar-refractivity contribution in [3.8, 4) is 0 Å². The minimum absolute atomic E-state index is 0.120. The number of rotatable bonds is 6. The Morgan fingerprint density at radius 1 is 1.39 bits per heavy atom. The number of aliphatic hydroxyl groups is 1. The van der Waals surface area contributed by atoms with Crippen LogP contribution in [0.1, 0.15) is 18.9 Å². The molecule has 0 fully saturated rings. The van der Waals surface area contributed by atoms with Crippen molar-refractivity contribution in [3.63, 3.8) is 0 Å². The Bertz CT molecular complexity index is 635. The number of hydrogen-bond donors (Lipinski definition) is 2. The summed E-state index contributed by atoms with van der Waals surface area (Å²) in [5, 5.41) is 12.5. The molecule has 0 bridgehead atoms. The van der Waals surface area contributed by atoms with E-state index in [1.54, 1.807) is 35.6 Å². The first-order valence-corrected chi connectivity index (χ1v) is 7.71. The van der Waals surface area contributed by atoms with Gasteiger partial charge in [0.1, 0.15) is 0 Å². The highest BCUT2D eigenvalue weighted by Crippen LogP contribution is 2.19. The van der Waals surface area contributed by atoms with Crippen molar-refractivity contribution in [2.45, 2.75) is 25.9 Å². The Balaban J connectivity index is 2.19. The van der Waals surface area contributed by atoms with Crippen LogP contribution in [0.25, 0.3) is 0 Å². The van der Waals surface area contributed by atoms with Crippen molar-refractivity contribution in [2.24, 2.45) is 0 Å². The summed E-state index contributed by atoms with van der Waals surface area (Å²) in [7, 11) is 0. The number of nitrogens with one attached hydrogen (secondary N) is 1. The number of carbonyl (C=O) groups excluding carboxylic acids is 1. The molecule has 2 amide bonds. The topological polar surface area (TPSA) is 78.3 Å². The van der Waals surface area contributed by atoms with Crippen LogP contribution in [0, 0.1) is 0 Å². The molecular weight excluding hydrogens is 316 g/mol. The lowest BCUT2D eigenvalue weighted by Gasteiger charge is -2.30. The lowest BCUT2D eigenvalue weighted by molar-refractivity contribution is 0.134. The average Bonchev–Trinajstić information content (AvgIpc) is 2.58. The van der Waals surface area contributed by atoms with Gasteiger partial charge in [-0.1, -0.05) is 24.6 Å². The zero-order valence-electron chi connectivity index (χ0n) is 12.8. The number of amides is 2. The molecule has 0 saturated carbocycles. The highest BCUT2D eigenvalue weighted by atomic mass is 35.5. The lowest BCUT2D eigenvalue weighted by atomic mass is 10.2. The van der Waals surface area contributed by atoms with E-state index >= 15 is 0 Å². The highest BCUT2D eigenvalue weighted by Gasteiger charge is 2.23. The van der Waals surface area contributed by atoms with Crippen LogP contribution >= 0.6 is 11.6 Å². The number of nitrogens with zero attached hydrogens (tertiary/aromatic N) is 3. The molecule has 2 N–H and O–H groups in total. The summed E-state index contributed by atoms with van der Waals surface area (Å²) in [4.78, 5) is 22.2. The predicted octanol–water partition coefficient (Wildman–Crippen LogP) is 2.94. The van der Waals surface area contributed by atoms with Gasteiger partial charge in [-0.15, -0.1) is 0 Å². The van der Waals surface area contributed by atoms with Gasteiger partial charge in [-0.3, -0.25) is 4.98 Å². The van der Waals surface area contributed by atoms with Gasteiger partial charge in [0.05, 0.1) is 18.3 Å². The second-order valence-electron chi connectivity index (χ2n) is 5.01. The second-order valence-corrected chi connectivity index (χ2v) is 5.36. The monoisotopic (exact) mass is 334 g/mol. The maximum absolute atomic E-state index is 12.6. The molecule has 0 aliphatic carbocycles. The number of aliphatic hydroxyl groups excluding tert-OH is 1. The van der Waals surface area contributed by atoms with Crippen LogP contribution in [0.3, 0.4) is 0 Å². The fourth-order valence-corrected chi connectivity index (χ4v) is 2.34. The number of urea groups is 1. The molecule has 0 aromatic carbocycles. The van der Waals surface area contributed by atoms with Crippen molar-refractivity contribution >= 4 is 23.3 Å². The summed E-state index contributed by atoms with van der Waals surface area (Å²) >= 11 is 5.98. The van der Waals surface area contributed by atoms with Crippen LogP contribution in [0.5, 0.6) is 0 Å². The van der Waals surface area contributed by atoms with Crippen molar-refractivity contribution < 1.29 is 9.90 Å². The molecule has 0 saturated heterocycles. The zero-order valence-corrected chi connectivity index (χ0v) is 13.6. The van der Waals surface area contributed by atoms with Crippen LogP contribution in [0.4, 0.5) is 10.5 Å². The normalized spacial score (nSPS) is 11.8. The quantitative estimate of drug-likeness (QED) is 0.796. The van der Waals surface area contributed by atoms with Gasteiger partial charge in [0.15, 0.2) is 5.15 Å². The largest absolute Gasteiger partial charge is 0.394 e. The van der Waals surface area contributed by atoms with E-state index in [4.69, 9.17) is 11.6 Å². The Hall–Kier alpha value is -2.18. The molecule has 0 aliphatic heterocycles. The third-order valence-corrected chi connectivity index (χ3v) is 3.76. The van der Waals surface area contributed by atoms with Gasteiger partial charge in [-0.25, -0.2) is 9.78 Å². The zero-order chi connectivity index (χ0) is 16.7. The number of pyridine rings is 2. The third-order valence-electron chi connectivity index (χ3n) is 3.46. The highest BCUT2D eigenvalue weighted by molar-refractivity contribution is 6.32. The van der Waals surface area contributed by atoms with E-state index in [0.717, 1.165) is 5.56 Å². The molecule has 122 valence electrons. The van der Waals surface area contributed by atoms with Crippen LogP contribution in [0.2, 0.25) is 5.15 Å². The molecule has 0 spiro atoms. The molecule has 2 aromatic heterocycles. The number of anilines is 1. The van der Waals surface area contributed by atoms with E-state index in [2.05, 4.69) is 15.3 Å². The average molecular weight is 335 g/mol. The van der Waals surface area contributed by atoms with Gasteiger partial charge in [-0.2, -0.15) is 0 Å². The maximum Gasteiger partial charge on any atom is 0.322 e. The van der Waals surface area contributed by atoms with Gasteiger partial charge in [0.2, 0.25) is 0 Å². The van der Waals surface area contributed by atoms with E-state index in [-0.39, 0.29) is 23.8 Å². The van der Waals surface area contributed by atoms with Gasteiger partial charge in [0, 0.05) is 25.1 Å². The van der Waals surface area contributed by atoms with Crippen LogP contribution in [-0.4, -0.2) is 38.7 Å². The molecule has 7 heteroatoms. The van der Waals surface area contributed by atoms with Crippen LogP contribution in [-0.2, 0) is 6.54 Å². The number of halogens is 1. The Labute approximate surface area is 140 Å². The second kappa shape index (κ2) is 8.45. The van der Waals surface area contributed by atoms with Gasteiger partial charge in [-0.05, 0) is 30.2 Å². The lowest BCUT2D eigenvalue weighted by Crippen LogP contribution is -2.44. The van der Waals surface area contributed by atoms with Gasteiger partial charge < -0.3 is 15.3 Å². The standard InChI is InChI=1S/C16H19ClN4O2/c1-2-13(11-22)21(10-12-5-3-7-18-9-12)16(23)20-14-6-4-8-19-15(14)17/h3-9,13,22H,2,10-11H2,1H3,(H,20,23)/t13-/m0/s1.